The van der Waals surface area contributed by atoms with Crippen molar-refractivity contribution in [1.82, 2.24) is 4.98 Å². The molecule has 31 heavy (non-hydrogen) atoms. The van der Waals surface area contributed by atoms with Gasteiger partial charge < -0.3 is 0 Å². The Bertz CT molecular complexity index is 1070. The van der Waals surface area contributed by atoms with E-state index in [4.69, 9.17) is 0 Å². The van der Waals surface area contributed by atoms with E-state index in [1.165, 1.54) is 13.8 Å². The maximum absolute atomic E-state index is 13.1. The average molecular weight is 417 g/mol. The predicted octanol–water partition coefficient (Wildman–Crippen LogP) is 6.29. The topological polar surface area (TPSA) is 12.9 Å². The molecule has 0 fully saturated rings. The van der Waals surface area contributed by atoms with E-state index in [2.05, 4.69) is 40.5 Å². The summed E-state index contributed by atoms with van der Waals surface area (Å²) < 4.78 is 38.5. The maximum atomic E-state index is 13.1. The van der Waals surface area contributed by atoms with Crippen LogP contribution in [0.2, 0.25) is 0 Å². The SMILES string of the molecule is CC#Cc1c(F)c(C)nc(F)c1F.CC#Cc1ccccc1.CC#Cc1ccccc1. The lowest BCUT2D eigenvalue weighted by Gasteiger charge is -2.00. The Hall–Kier alpha value is -3.94. The molecule has 1 aromatic heterocycles. The Morgan fingerprint density at radius 2 is 1.03 bits per heavy atom. The molecule has 0 radical (unpaired) electrons. The van der Waals surface area contributed by atoms with Crippen LogP contribution in [0.15, 0.2) is 60.7 Å². The molecule has 0 aliphatic heterocycles. The van der Waals surface area contributed by atoms with Gasteiger partial charge in [0.25, 0.3) is 5.95 Å². The highest BCUT2D eigenvalue weighted by Crippen LogP contribution is 2.15. The number of rotatable bonds is 0. The second-order valence-electron chi connectivity index (χ2n) is 5.85. The minimum Gasteiger partial charge on any atom is -0.219 e. The number of aromatic nitrogens is 1. The van der Waals surface area contributed by atoms with Crippen molar-refractivity contribution in [3.63, 3.8) is 0 Å². The zero-order valence-electron chi connectivity index (χ0n) is 17.9. The van der Waals surface area contributed by atoms with Crippen molar-refractivity contribution >= 4 is 0 Å². The molecule has 0 atom stereocenters. The Labute approximate surface area is 182 Å². The Balaban J connectivity index is 0.000000239. The lowest BCUT2D eigenvalue weighted by Crippen LogP contribution is -2.02. The van der Waals surface area contributed by atoms with Crippen molar-refractivity contribution in [1.29, 1.82) is 0 Å². The number of hydrogen-bond donors (Lipinski definition) is 0. The molecule has 0 aliphatic rings. The fourth-order valence-electron chi connectivity index (χ4n) is 2.19. The van der Waals surface area contributed by atoms with E-state index in [1.807, 2.05) is 74.5 Å². The lowest BCUT2D eigenvalue weighted by molar-refractivity contribution is 0.456. The molecule has 0 bridgehead atoms. The maximum Gasteiger partial charge on any atom is 0.250 e. The molecule has 156 valence electrons. The predicted molar refractivity (Wildman–Crippen MR) is 119 cm³/mol. The number of pyridine rings is 1. The van der Waals surface area contributed by atoms with Gasteiger partial charge in [0.15, 0.2) is 11.6 Å². The Morgan fingerprint density at radius 3 is 1.42 bits per heavy atom. The standard InChI is InChI=1S/C9H6F3N.2C9H8/c1-3-4-6-7(10)5(2)13-9(12)8(6)11;2*1-2-6-9-7-4-3-5-8-9/h1-2H3;2*3-5,7-8H,1H3. The van der Waals surface area contributed by atoms with Gasteiger partial charge in [-0.2, -0.15) is 4.39 Å². The molecule has 0 N–H and O–H groups in total. The summed E-state index contributed by atoms with van der Waals surface area (Å²) in [5.41, 5.74) is 1.41. The first kappa shape index (κ1) is 25.1. The van der Waals surface area contributed by atoms with Crippen molar-refractivity contribution in [3.8, 4) is 35.5 Å². The average Bonchev–Trinajstić information content (AvgIpc) is 2.78. The van der Waals surface area contributed by atoms with Crippen LogP contribution in [-0.2, 0) is 0 Å². The van der Waals surface area contributed by atoms with Gasteiger partial charge in [0.05, 0.1) is 5.69 Å². The molecule has 0 unspecified atom stereocenters. The van der Waals surface area contributed by atoms with E-state index in [0.29, 0.717) is 0 Å². The monoisotopic (exact) mass is 417 g/mol. The molecule has 1 nitrogen and oxygen atoms in total. The molecule has 2 aromatic carbocycles. The molecule has 1 heterocycles. The molecular weight excluding hydrogens is 395 g/mol. The smallest absolute Gasteiger partial charge is 0.219 e. The van der Waals surface area contributed by atoms with Gasteiger partial charge in [-0.05, 0) is 52.0 Å². The fraction of sp³-hybridized carbons (Fsp3) is 0.148. The number of halogens is 3. The van der Waals surface area contributed by atoms with Crippen LogP contribution in [0.25, 0.3) is 0 Å². The van der Waals surface area contributed by atoms with E-state index in [9.17, 15) is 13.2 Å². The van der Waals surface area contributed by atoms with Gasteiger partial charge >= 0.3 is 0 Å². The van der Waals surface area contributed by atoms with Gasteiger partial charge in [-0.3, -0.25) is 0 Å². The number of benzene rings is 2. The van der Waals surface area contributed by atoms with Gasteiger partial charge in [-0.15, -0.1) is 17.8 Å². The van der Waals surface area contributed by atoms with Crippen LogP contribution in [0, 0.1) is 60.0 Å². The molecule has 3 aromatic rings. The van der Waals surface area contributed by atoms with E-state index >= 15 is 0 Å². The third-order valence-corrected chi connectivity index (χ3v) is 3.54. The van der Waals surface area contributed by atoms with E-state index in [1.54, 1.807) is 0 Å². The molecule has 0 saturated carbocycles. The van der Waals surface area contributed by atoms with Gasteiger partial charge in [-0.25, -0.2) is 13.8 Å². The van der Waals surface area contributed by atoms with Crippen molar-refractivity contribution < 1.29 is 13.2 Å². The van der Waals surface area contributed by atoms with Crippen LogP contribution >= 0.6 is 0 Å². The van der Waals surface area contributed by atoms with Crippen LogP contribution in [0.1, 0.15) is 43.2 Å². The highest BCUT2D eigenvalue weighted by molar-refractivity contribution is 5.37. The third kappa shape index (κ3) is 8.95. The molecule has 3 rings (SSSR count). The second-order valence-corrected chi connectivity index (χ2v) is 5.85. The van der Waals surface area contributed by atoms with Crippen LogP contribution in [0.3, 0.4) is 0 Å². The van der Waals surface area contributed by atoms with Crippen LogP contribution in [0.4, 0.5) is 13.2 Å². The van der Waals surface area contributed by atoms with E-state index in [-0.39, 0.29) is 5.69 Å². The van der Waals surface area contributed by atoms with Crippen molar-refractivity contribution in [3.05, 3.63) is 101 Å². The quantitative estimate of drug-likeness (QED) is 0.309. The van der Waals surface area contributed by atoms with E-state index < -0.39 is 23.1 Å². The summed E-state index contributed by atoms with van der Waals surface area (Å²) in [4.78, 5) is 3.03. The molecule has 0 spiro atoms. The van der Waals surface area contributed by atoms with Crippen LogP contribution < -0.4 is 0 Å². The van der Waals surface area contributed by atoms with Gasteiger partial charge in [0.2, 0.25) is 0 Å². The van der Waals surface area contributed by atoms with Crippen LogP contribution in [-0.4, -0.2) is 4.98 Å². The molecular formula is C27H22F3N. The summed E-state index contributed by atoms with van der Waals surface area (Å²) in [7, 11) is 0. The summed E-state index contributed by atoms with van der Waals surface area (Å²) in [5, 5.41) is 0. The Kier molecular flexibility index (Phi) is 11.4. The van der Waals surface area contributed by atoms with Crippen molar-refractivity contribution in [2.75, 3.05) is 0 Å². The normalized spacial score (nSPS) is 8.35. The largest absolute Gasteiger partial charge is 0.250 e. The third-order valence-electron chi connectivity index (χ3n) is 3.54. The molecule has 0 amide bonds. The Morgan fingerprint density at radius 1 is 0.613 bits per heavy atom. The number of aryl methyl sites for hydroxylation is 1. The highest BCUT2D eigenvalue weighted by Gasteiger charge is 2.16. The molecule has 0 saturated heterocycles. The lowest BCUT2D eigenvalue weighted by atomic mass is 10.2. The first-order chi connectivity index (χ1) is 14.9. The summed E-state index contributed by atoms with van der Waals surface area (Å²) in [6, 6.07) is 19.9. The molecule has 4 heteroatoms. The minimum absolute atomic E-state index is 0.198. The fourth-order valence-corrected chi connectivity index (χ4v) is 2.19. The summed E-state index contributed by atoms with van der Waals surface area (Å²) in [6.45, 7) is 6.34. The van der Waals surface area contributed by atoms with Crippen LogP contribution in [0.5, 0.6) is 0 Å². The van der Waals surface area contributed by atoms with Gasteiger partial charge in [-0.1, -0.05) is 54.2 Å². The summed E-state index contributed by atoms with van der Waals surface area (Å²) in [5.74, 6) is 12.5. The first-order valence-corrected chi connectivity index (χ1v) is 9.34. The minimum atomic E-state index is -1.34. The second kappa shape index (κ2) is 14.1. The number of nitrogens with zero attached hydrogens (tertiary/aromatic N) is 1. The van der Waals surface area contributed by atoms with Crippen molar-refractivity contribution in [2.24, 2.45) is 0 Å². The van der Waals surface area contributed by atoms with Crippen molar-refractivity contribution in [2.45, 2.75) is 27.7 Å². The number of hydrogen-bond acceptors (Lipinski definition) is 1. The van der Waals surface area contributed by atoms with Gasteiger partial charge in [0, 0.05) is 11.1 Å². The molecule has 0 aliphatic carbocycles. The van der Waals surface area contributed by atoms with Gasteiger partial charge in [0.1, 0.15) is 5.56 Å². The van der Waals surface area contributed by atoms with E-state index in [0.717, 1.165) is 11.1 Å². The zero-order valence-corrected chi connectivity index (χ0v) is 17.9. The zero-order chi connectivity index (χ0) is 23.1. The highest BCUT2D eigenvalue weighted by atomic mass is 19.2. The summed E-state index contributed by atoms with van der Waals surface area (Å²) in [6.07, 6.45) is 0. The summed E-state index contributed by atoms with van der Waals surface area (Å²) >= 11 is 0. The first-order valence-electron chi connectivity index (χ1n) is 9.34.